The van der Waals surface area contributed by atoms with Gasteiger partial charge >= 0.3 is 0 Å². The summed E-state index contributed by atoms with van der Waals surface area (Å²) in [5.74, 6) is 0.954. The maximum atomic E-state index is 11.9. The van der Waals surface area contributed by atoms with Gasteiger partial charge in [-0.15, -0.1) is 0 Å². The molecule has 0 unspecified atom stereocenters. The zero-order chi connectivity index (χ0) is 18.1. The molecule has 1 saturated carbocycles. The van der Waals surface area contributed by atoms with Crippen molar-refractivity contribution in [3.05, 3.63) is 53.9 Å². The van der Waals surface area contributed by atoms with Gasteiger partial charge in [0.25, 0.3) is 0 Å². The van der Waals surface area contributed by atoms with Gasteiger partial charge in [0, 0.05) is 28.1 Å². The van der Waals surface area contributed by atoms with Gasteiger partial charge in [0.1, 0.15) is 11.6 Å². The maximum Gasteiger partial charge on any atom is 0.228 e. The first kappa shape index (κ1) is 17.2. The van der Waals surface area contributed by atoms with Crippen LogP contribution in [0.25, 0.3) is 16.3 Å². The SMILES string of the molecule is C=C/C(Cl)=C(\C(=C)C)c1cc2cc(NC(=O)C3CC3)ncc2c(N)n1. The normalized spacial score (nSPS) is 14.8. The summed E-state index contributed by atoms with van der Waals surface area (Å²) in [4.78, 5) is 20.6. The molecule has 0 radical (unpaired) electrons. The Morgan fingerprint density at radius 3 is 2.76 bits per heavy atom. The predicted molar refractivity (Wildman–Crippen MR) is 103 cm³/mol. The maximum absolute atomic E-state index is 11.9. The van der Waals surface area contributed by atoms with Gasteiger partial charge in [0.05, 0.1) is 5.69 Å². The van der Waals surface area contributed by atoms with Crippen molar-refractivity contribution in [2.24, 2.45) is 5.92 Å². The molecule has 1 fully saturated rings. The number of anilines is 2. The Labute approximate surface area is 151 Å². The Bertz CT molecular complexity index is 928. The van der Waals surface area contributed by atoms with E-state index in [2.05, 4.69) is 28.4 Å². The number of hydrogen-bond acceptors (Lipinski definition) is 4. The molecular formula is C19H19ClN4O. The molecule has 2 heterocycles. The van der Waals surface area contributed by atoms with Crippen molar-refractivity contribution in [1.29, 1.82) is 0 Å². The van der Waals surface area contributed by atoms with Gasteiger partial charge in [-0.2, -0.15) is 0 Å². The van der Waals surface area contributed by atoms with Gasteiger partial charge in [-0.1, -0.05) is 30.8 Å². The van der Waals surface area contributed by atoms with Crippen LogP contribution in [-0.2, 0) is 4.79 Å². The van der Waals surface area contributed by atoms with Crippen LogP contribution < -0.4 is 11.1 Å². The predicted octanol–water partition coefficient (Wildman–Crippen LogP) is 4.27. The number of allylic oxidation sites excluding steroid dienone is 4. The summed E-state index contributed by atoms with van der Waals surface area (Å²) in [5, 5.41) is 4.82. The molecule has 5 nitrogen and oxygen atoms in total. The van der Waals surface area contributed by atoms with Crippen LogP contribution >= 0.6 is 11.6 Å². The molecule has 0 saturated heterocycles. The number of fused-ring (bicyclic) bond motifs is 1. The second kappa shape index (κ2) is 6.69. The number of hydrogen-bond donors (Lipinski definition) is 2. The zero-order valence-corrected chi connectivity index (χ0v) is 14.7. The molecule has 1 aliphatic rings. The summed E-state index contributed by atoms with van der Waals surface area (Å²) in [5.41, 5.74) is 8.13. The van der Waals surface area contributed by atoms with Gasteiger partial charge in [-0.05, 0) is 42.9 Å². The summed E-state index contributed by atoms with van der Waals surface area (Å²) in [6.45, 7) is 9.49. The number of halogens is 1. The van der Waals surface area contributed by atoms with Gasteiger partial charge in [0.2, 0.25) is 5.91 Å². The molecule has 128 valence electrons. The third-order valence-electron chi connectivity index (χ3n) is 4.05. The Morgan fingerprint density at radius 2 is 2.16 bits per heavy atom. The quantitative estimate of drug-likeness (QED) is 0.785. The first-order valence-corrected chi connectivity index (χ1v) is 8.34. The number of nitrogen functional groups attached to an aromatic ring is 1. The molecule has 3 rings (SSSR count). The number of amides is 1. The number of carbonyl (C=O) groups is 1. The minimum absolute atomic E-state index is 0.00586. The molecule has 0 aromatic carbocycles. The minimum atomic E-state index is 0.00586. The number of nitrogens with zero attached hydrogens (tertiary/aromatic N) is 2. The number of aromatic nitrogens is 2. The summed E-state index contributed by atoms with van der Waals surface area (Å²) in [6, 6.07) is 3.64. The largest absolute Gasteiger partial charge is 0.383 e. The average Bonchev–Trinajstić information content (AvgIpc) is 3.39. The highest BCUT2D eigenvalue weighted by molar-refractivity contribution is 6.35. The van der Waals surface area contributed by atoms with Gasteiger partial charge in [-0.3, -0.25) is 4.79 Å². The van der Waals surface area contributed by atoms with Crippen LogP contribution in [0.4, 0.5) is 11.6 Å². The van der Waals surface area contributed by atoms with E-state index in [1.807, 2.05) is 13.0 Å². The fourth-order valence-electron chi connectivity index (χ4n) is 2.59. The van der Waals surface area contributed by atoms with Crippen LogP contribution in [0.1, 0.15) is 25.5 Å². The summed E-state index contributed by atoms with van der Waals surface area (Å²) in [7, 11) is 0. The summed E-state index contributed by atoms with van der Waals surface area (Å²) < 4.78 is 0. The van der Waals surface area contributed by atoms with E-state index in [-0.39, 0.29) is 11.8 Å². The van der Waals surface area contributed by atoms with Gasteiger partial charge in [0.15, 0.2) is 0 Å². The highest BCUT2D eigenvalue weighted by Gasteiger charge is 2.29. The van der Waals surface area contributed by atoms with Crippen molar-refractivity contribution in [2.75, 3.05) is 11.1 Å². The fraction of sp³-hybridized carbons (Fsp3) is 0.211. The number of nitrogens with two attached hydrogens (primary N) is 1. The lowest BCUT2D eigenvalue weighted by molar-refractivity contribution is -0.117. The molecule has 1 aliphatic carbocycles. The van der Waals surface area contributed by atoms with Crippen LogP contribution in [0.3, 0.4) is 0 Å². The molecule has 1 amide bonds. The molecule has 0 atom stereocenters. The van der Waals surface area contributed by atoms with E-state index in [1.165, 1.54) is 0 Å². The smallest absolute Gasteiger partial charge is 0.228 e. The van der Waals surface area contributed by atoms with Crippen LogP contribution in [-0.4, -0.2) is 15.9 Å². The first-order valence-electron chi connectivity index (χ1n) is 7.96. The number of nitrogens with one attached hydrogen (secondary N) is 1. The van der Waals surface area contributed by atoms with E-state index in [4.69, 9.17) is 17.3 Å². The van der Waals surface area contributed by atoms with Crippen LogP contribution in [0.5, 0.6) is 0 Å². The highest BCUT2D eigenvalue weighted by Crippen LogP contribution is 2.32. The van der Waals surface area contributed by atoms with Gasteiger partial charge < -0.3 is 11.1 Å². The lowest BCUT2D eigenvalue weighted by Crippen LogP contribution is -2.14. The lowest BCUT2D eigenvalue weighted by atomic mass is 10.0. The lowest BCUT2D eigenvalue weighted by Gasteiger charge is -2.12. The molecule has 3 N–H and O–H groups in total. The van der Waals surface area contributed by atoms with E-state index in [0.717, 1.165) is 23.8 Å². The first-order chi connectivity index (χ1) is 11.9. The summed E-state index contributed by atoms with van der Waals surface area (Å²) in [6.07, 6.45) is 5.03. The van der Waals surface area contributed by atoms with E-state index in [0.29, 0.717) is 33.3 Å². The summed E-state index contributed by atoms with van der Waals surface area (Å²) >= 11 is 6.26. The van der Waals surface area contributed by atoms with Crippen molar-refractivity contribution in [3.63, 3.8) is 0 Å². The van der Waals surface area contributed by atoms with Crippen molar-refractivity contribution < 1.29 is 4.79 Å². The Balaban J connectivity index is 2.08. The molecule has 6 heteroatoms. The second-order valence-electron chi connectivity index (χ2n) is 6.15. The molecule has 25 heavy (non-hydrogen) atoms. The van der Waals surface area contributed by atoms with Crippen molar-refractivity contribution >= 4 is 45.5 Å². The Kier molecular flexibility index (Phi) is 4.59. The second-order valence-corrected chi connectivity index (χ2v) is 6.56. The average molecular weight is 355 g/mol. The molecule has 2 aromatic heterocycles. The van der Waals surface area contributed by atoms with Crippen molar-refractivity contribution in [2.45, 2.75) is 19.8 Å². The number of pyridine rings is 2. The van der Waals surface area contributed by atoms with Crippen LogP contribution in [0, 0.1) is 5.92 Å². The monoisotopic (exact) mass is 354 g/mol. The highest BCUT2D eigenvalue weighted by atomic mass is 35.5. The fourth-order valence-corrected chi connectivity index (χ4v) is 2.85. The Morgan fingerprint density at radius 1 is 1.44 bits per heavy atom. The Hall–Kier alpha value is -2.66. The van der Waals surface area contributed by atoms with Crippen molar-refractivity contribution in [3.8, 4) is 0 Å². The number of carbonyl (C=O) groups excluding carboxylic acids is 1. The third-order valence-corrected chi connectivity index (χ3v) is 4.39. The van der Waals surface area contributed by atoms with E-state index < -0.39 is 0 Å². The van der Waals surface area contributed by atoms with Gasteiger partial charge in [-0.25, -0.2) is 9.97 Å². The van der Waals surface area contributed by atoms with E-state index >= 15 is 0 Å². The molecule has 2 aromatic rings. The topological polar surface area (TPSA) is 80.9 Å². The zero-order valence-electron chi connectivity index (χ0n) is 14.0. The van der Waals surface area contributed by atoms with E-state index in [1.54, 1.807) is 18.3 Å². The number of rotatable bonds is 5. The molecular weight excluding hydrogens is 336 g/mol. The standard InChI is InChI=1S/C19H19ClN4O/c1-4-14(20)17(10(2)3)15-7-12-8-16(24-19(25)11-5-6-11)22-9-13(12)18(21)23-15/h4,7-9,11H,1-2,5-6H2,3H3,(H2,21,23)(H,22,24,25)/b17-14-. The van der Waals surface area contributed by atoms with E-state index in [9.17, 15) is 4.79 Å². The van der Waals surface area contributed by atoms with Crippen molar-refractivity contribution in [1.82, 2.24) is 9.97 Å². The van der Waals surface area contributed by atoms with Crippen LogP contribution in [0.15, 0.2) is 48.2 Å². The van der Waals surface area contributed by atoms with Crippen LogP contribution in [0.2, 0.25) is 0 Å². The molecule has 0 spiro atoms. The molecule has 0 aliphatic heterocycles. The molecule has 0 bridgehead atoms. The third kappa shape index (κ3) is 3.56. The minimum Gasteiger partial charge on any atom is -0.383 e.